The van der Waals surface area contributed by atoms with Gasteiger partial charge in [-0.15, -0.1) is 0 Å². The number of hydrogen-bond acceptors (Lipinski definition) is 3. The predicted molar refractivity (Wildman–Crippen MR) is 71.4 cm³/mol. The number of rotatable bonds is 5. The van der Waals surface area contributed by atoms with Crippen molar-refractivity contribution in [3.05, 3.63) is 65.7 Å². The molecule has 1 atom stereocenters. The standard InChI is InChI=1S/C15H17NO2/c1-17-11-18-14-10-6-5-9-13(14)15(16)12-7-3-2-4-8-12/h2-10,15H,11,16H2,1H3/t15-/m0/s1. The van der Waals surface area contributed by atoms with Crippen molar-refractivity contribution in [2.45, 2.75) is 6.04 Å². The highest BCUT2D eigenvalue weighted by molar-refractivity contribution is 5.41. The molecule has 0 heterocycles. The molecule has 0 radical (unpaired) electrons. The number of hydrogen-bond donors (Lipinski definition) is 1. The van der Waals surface area contributed by atoms with Gasteiger partial charge in [0, 0.05) is 12.7 Å². The number of nitrogens with two attached hydrogens (primary N) is 1. The van der Waals surface area contributed by atoms with E-state index in [0.29, 0.717) is 0 Å². The highest BCUT2D eigenvalue weighted by Gasteiger charge is 2.13. The van der Waals surface area contributed by atoms with Gasteiger partial charge in [0.2, 0.25) is 0 Å². The van der Waals surface area contributed by atoms with Crippen molar-refractivity contribution in [1.82, 2.24) is 0 Å². The summed E-state index contributed by atoms with van der Waals surface area (Å²) in [7, 11) is 1.60. The third-order valence-corrected chi connectivity index (χ3v) is 2.75. The first kappa shape index (κ1) is 12.6. The van der Waals surface area contributed by atoms with Gasteiger partial charge in [0.05, 0.1) is 6.04 Å². The van der Waals surface area contributed by atoms with Gasteiger partial charge in [-0.2, -0.15) is 0 Å². The molecule has 18 heavy (non-hydrogen) atoms. The summed E-state index contributed by atoms with van der Waals surface area (Å²) in [5.41, 5.74) is 8.29. The van der Waals surface area contributed by atoms with E-state index in [1.807, 2.05) is 54.6 Å². The highest BCUT2D eigenvalue weighted by Crippen LogP contribution is 2.27. The number of methoxy groups -OCH3 is 1. The minimum absolute atomic E-state index is 0.195. The third kappa shape index (κ3) is 2.88. The van der Waals surface area contributed by atoms with Crippen molar-refractivity contribution in [1.29, 1.82) is 0 Å². The summed E-state index contributed by atoms with van der Waals surface area (Å²) in [6.45, 7) is 0.221. The van der Waals surface area contributed by atoms with Crippen LogP contribution in [0, 0.1) is 0 Å². The Morgan fingerprint density at radius 2 is 1.67 bits per heavy atom. The van der Waals surface area contributed by atoms with Gasteiger partial charge < -0.3 is 15.2 Å². The van der Waals surface area contributed by atoms with Crippen molar-refractivity contribution in [3.8, 4) is 5.75 Å². The van der Waals surface area contributed by atoms with E-state index >= 15 is 0 Å². The molecule has 0 aliphatic heterocycles. The maximum Gasteiger partial charge on any atom is 0.188 e. The second-order valence-corrected chi connectivity index (χ2v) is 3.98. The first-order valence-corrected chi connectivity index (χ1v) is 5.84. The lowest BCUT2D eigenvalue weighted by atomic mass is 9.99. The third-order valence-electron chi connectivity index (χ3n) is 2.75. The van der Waals surface area contributed by atoms with Gasteiger partial charge in [-0.05, 0) is 11.6 Å². The second-order valence-electron chi connectivity index (χ2n) is 3.98. The van der Waals surface area contributed by atoms with Crippen molar-refractivity contribution in [2.75, 3.05) is 13.9 Å². The largest absolute Gasteiger partial charge is 0.467 e. The lowest BCUT2D eigenvalue weighted by Gasteiger charge is -2.16. The van der Waals surface area contributed by atoms with Gasteiger partial charge in [-0.1, -0.05) is 48.5 Å². The van der Waals surface area contributed by atoms with Crippen molar-refractivity contribution in [3.63, 3.8) is 0 Å². The summed E-state index contributed by atoms with van der Waals surface area (Å²) in [6, 6.07) is 17.5. The molecule has 0 aromatic heterocycles. The van der Waals surface area contributed by atoms with Gasteiger partial charge in [0.25, 0.3) is 0 Å². The fourth-order valence-electron chi connectivity index (χ4n) is 1.83. The molecule has 0 aliphatic rings. The van der Waals surface area contributed by atoms with Crippen LogP contribution in [0.3, 0.4) is 0 Å². The maximum absolute atomic E-state index is 6.27. The van der Waals surface area contributed by atoms with Gasteiger partial charge in [-0.3, -0.25) is 0 Å². The van der Waals surface area contributed by atoms with Crippen LogP contribution in [0.15, 0.2) is 54.6 Å². The topological polar surface area (TPSA) is 44.5 Å². The summed E-state index contributed by atoms with van der Waals surface area (Å²) in [5.74, 6) is 0.760. The molecular formula is C15H17NO2. The van der Waals surface area contributed by atoms with Crippen molar-refractivity contribution >= 4 is 0 Å². The molecule has 94 valence electrons. The van der Waals surface area contributed by atoms with E-state index in [4.69, 9.17) is 15.2 Å². The molecular weight excluding hydrogens is 226 g/mol. The molecule has 0 saturated heterocycles. The normalized spacial score (nSPS) is 12.1. The zero-order valence-corrected chi connectivity index (χ0v) is 10.4. The molecule has 2 rings (SSSR count). The van der Waals surface area contributed by atoms with E-state index in [-0.39, 0.29) is 12.8 Å². The first-order valence-electron chi connectivity index (χ1n) is 5.84. The van der Waals surface area contributed by atoms with E-state index in [1.54, 1.807) is 7.11 Å². The van der Waals surface area contributed by atoms with Crippen LogP contribution < -0.4 is 10.5 Å². The molecule has 0 bridgehead atoms. The van der Waals surface area contributed by atoms with Crippen molar-refractivity contribution in [2.24, 2.45) is 5.73 Å². The number of ether oxygens (including phenoxy) is 2. The summed E-state index contributed by atoms with van der Waals surface area (Å²) in [4.78, 5) is 0. The molecule has 0 fully saturated rings. The van der Waals surface area contributed by atoms with Gasteiger partial charge >= 0.3 is 0 Å². The summed E-state index contributed by atoms with van der Waals surface area (Å²) < 4.78 is 10.4. The molecule has 0 unspecified atom stereocenters. The Hall–Kier alpha value is -1.84. The average Bonchev–Trinajstić information content (AvgIpc) is 2.45. The monoisotopic (exact) mass is 243 g/mol. The lowest BCUT2D eigenvalue weighted by Crippen LogP contribution is -2.13. The van der Waals surface area contributed by atoms with Crippen LogP contribution in [0.2, 0.25) is 0 Å². The SMILES string of the molecule is COCOc1ccccc1[C@@H](N)c1ccccc1. The zero-order chi connectivity index (χ0) is 12.8. The quantitative estimate of drug-likeness (QED) is 0.821. The molecule has 0 saturated carbocycles. The number of para-hydroxylation sites is 1. The minimum Gasteiger partial charge on any atom is -0.467 e. The molecule has 3 heteroatoms. The smallest absolute Gasteiger partial charge is 0.188 e. The molecule has 0 spiro atoms. The van der Waals surface area contributed by atoms with Crippen LogP contribution in [0.25, 0.3) is 0 Å². The molecule has 2 N–H and O–H groups in total. The van der Waals surface area contributed by atoms with Gasteiger partial charge in [0.15, 0.2) is 6.79 Å². The zero-order valence-electron chi connectivity index (χ0n) is 10.4. The van der Waals surface area contributed by atoms with Gasteiger partial charge in [0.1, 0.15) is 5.75 Å². The highest BCUT2D eigenvalue weighted by atomic mass is 16.7. The van der Waals surface area contributed by atoms with E-state index in [2.05, 4.69) is 0 Å². The molecule has 2 aromatic rings. The van der Waals surface area contributed by atoms with Crippen LogP contribution in [0.4, 0.5) is 0 Å². The fourth-order valence-corrected chi connectivity index (χ4v) is 1.83. The van der Waals surface area contributed by atoms with Crippen LogP contribution in [-0.4, -0.2) is 13.9 Å². The van der Waals surface area contributed by atoms with Crippen LogP contribution >= 0.6 is 0 Å². The Labute approximate surface area is 107 Å². The Bertz CT molecular complexity index is 485. The summed E-state index contributed by atoms with van der Waals surface area (Å²) in [5, 5.41) is 0. The molecule has 0 amide bonds. The molecule has 0 aliphatic carbocycles. The van der Waals surface area contributed by atoms with Gasteiger partial charge in [-0.25, -0.2) is 0 Å². The molecule has 2 aromatic carbocycles. The van der Waals surface area contributed by atoms with Crippen LogP contribution in [-0.2, 0) is 4.74 Å². The van der Waals surface area contributed by atoms with E-state index in [0.717, 1.165) is 16.9 Å². The predicted octanol–water partition coefficient (Wildman–Crippen LogP) is 2.72. The van der Waals surface area contributed by atoms with Crippen molar-refractivity contribution < 1.29 is 9.47 Å². The maximum atomic E-state index is 6.27. The fraction of sp³-hybridized carbons (Fsp3) is 0.200. The first-order chi connectivity index (χ1) is 8.83. The van der Waals surface area contributed by atoms with E-state index in [9.17, 15) is 0 Å². The Morgan fingerprint density at radius 3 is 2.39 bits per heavy atom. The van der Waals surface area contributed by atoms with Crippen LogP contribution in [0.1, 0.15) is 17.2 Å². The lowest BCUT2D eigenvalue weighted by molar-refractivity contribution is 0.0503. The molecule has 3 nitrogen and oxygen atoms in total. The Balaban J connectivity index is 2.27. The minimum atomic E-state index is -0.195. The Morgan fingerprint density at radius 1 is 1.00 bits per heavy atom. The number of benzene rings is 2. The van der Waals surface area contributed by atoms with Crippen LogP contribution in [0.5, 0.6) is 5.75 Å². The van der Waals surface area contributed by atoms with E-state index in [1.165, 1.54) is 0 Å². The summed E-state index contributed by atoms with van der Waals surface area (Å²) in [6.07, 6.45) is 0. The summed E-state index contributed by atoms with van der Waals surface area (Å²) >= 11 is 0. The Kier molecular flexibility index (Phi) is 4.34. The van der Waals surface area contributed by atoms with E-state index < -0.39 is 0 Å². The average molecular weight is 243 g/mol. The second kappa shape index (κ2) is 6.19.